The highest BCUT2D eigenvalue weighted by molar-refractivity contribution is 6.31. The lowest BCUT2D eigenvalue weighted by Gasteiger charge is -2.35. The Morgan fingerprint density at radius 2 is 1.02 bits per heavy atom. The normalized spacial score (nSPS) is 14.5. The molecule has 6 aromatic rings. The third kappa shape index (κ3) is 2.64. The number of halogens is 1. The molecule has 188 valence electrons. The van der Waals surface area contributed by atoms with E-state index >= 15 is 0 Å². The van der Waals surface area contributed by atoms with Crippen molar-refractivity contribution in [3.05, 3.63) is 161 Å². The van der Waals surface area contributed by atoms with Crippen molar-refractivity contribution in [1.29, 1.82) is 0 Å². The molecule has 0 bridgehead atoms. The highest BCUT2D eigenvalue weighted by Gasteiger charge is 2.52. The van der Waals surface area contributed by atoms with E-state index in [4.69, 9.17) is 16.3 Å². The van der Waals surface area contributed by atoms with Crippen molar-refractivity contribution in [1.82, 2.24) is 0 Å². The maximum absolute atomic E-state index is 6.78. The number of para-hydroxylation sites is 4. The zero-order valence-corrected chi connectivity index (χ0v) is 22.2. The number of hydrogen-bond donors (Lipinski definition) is 0. The van der Waals surface area contributed by atoms with Crippen LogP contribution in [0, 0.1) is 0 Å². The molecule has 40 heavy (non-hydrogen) atoms. The molecule has 0 atom stereocenters. The summed E-state index contributed by atoms with van der Waals surface area (Å²) < 4.78 is 6.36. The van der Waals surface area contributed by atoms with Gasteiger partial charge in [0.25, 0.3) is 0 Å². The maximum atomic E-state index is 6.78. The van der Waals surface area contributed by atoms with Crippen molar-refractivity contribution in [3.63, 3.8) is 0 Å². The van der Waals surface area contributed by atoms with Crippen LogP contribution in [0.3, 0.4) is 0 Å². The minimum atomic E-state index is -0.454. The first-order valence-corrected chi connectivity index (χ1v) is 13.9. The minimum Gasteiger partial charge on any atom is -0.453 e. The Kier molecular flexibility index (Phi) is 4.35. The second kappa shape index (κ2) is 7.88. The van der Waals surface area contributed by atoms with Gasteiger partial charge in [0.15, 0.2) is 11.5 Å². The largest absolute Gasteiger partial charge is 0.453 e. The minimum absolute atomic E-state index is 0.454. The lowest BCUT2D eigenvalue weighted by atomic mass is 9.70. The van der Waals surface area contributed by atoms with Gasteiger partial charge in [0.05, 0.1) is 22.5 Å². The number of rotatable bonds is 1. The van der Waals surface area contributed by atoms with Crippen LogP contribution in [0.1, 0.15) is 22.3 Å². The molecule has 0 saturated carbocycles. The van der Waals surface area contributed by atoms with Crippen molar-refractivity contribution in [2.75, 3.05) is 4.90 Å². The molecule has 1 heterocycles. The van der Waals surface area contributed by atoms with Gasteiger partial charge in [0, 0.05) is 10.6 Å². The van der Waals surface area contributed by atoms with Gasteiger partial charge < -0.3 is 9.64 Å². The van der Waals surface area contributed by atoms with Gasteiger partial charge in [-0.05, 0) is 81.4 Å². The predicted molar refractivity (Wildman–Crippen MR) is 163 cm³/mol. The van der Waals surface area contributed by atoms with Gasteiger partial charge in [0.1, 0.15) is 0 Å². The van der Waals surface area contributed by atoms with Crippen LogP contribution >= 0.6 is 11.6 Å². The highest BCUT2D eigenvalue weighted by Crippen LogP contribution is 2.65. The summed E-state index contributed by atoms with van der Waals surface area (Å²) in [5.41, 5.74) is 12.8. The second-order valence-corrected chi connectivity index (χ2v) is 11.0. The van der Waals surface area contributed by atoms with Crippen LogP contribution in [0.4, 0.5) is 17.1 Å². The predicted octanol–water partition coefficient (Wildman–Crippen LogP) is 10.3. The van der Waals surface area contributed by atoms with Gasteiger partial charge in [-0.1, -0.05) is 103 Å². The van der Waals surface area contributed by atoms with E-state index in [1.165, 1.54) is 44.5 Å². The van der Waals surface area contributed by atoms with Crippen molar-refractivity contribution in [3.8, 4) is 33.8 Å². The SMILES string of the molecule is Clc1ccc2c(c1)C1(c3ccccc3-c3ccccc31)c1cccc(N3c4ccccc4Oc4ccccc43)c1-2. The summed E-state index contributed by atoms with van der Waals surface area (Å²) in [5, 5.41) is 0.747. The van der Waals surface area contributed by atoms with Gasteiger partial charge in [-0.3, -0.25) is 0 Å². The molecule has 9 rings (SSSR count). The molecule has 0 N–H and O–H groups in total. The summed E-state index contributed by atoms with van der Waals surface area (Å²) in [6.07, 6.45) is 0. The van der Waals surface area contributed by atoms with Crippen molar-refractivity contribution >= 4 is 28.7 Å². The van der Waals surface area contributed by atoms with Gasteiger partial charge >= 0.3 is 0 Å². The first-order valence-electron chi connectivity index (χ1n) is 13.6. The molecule has 2 aliphatic carbocycles. The molecular formula is C37H22ClNO. The standard InChI is InChI=1S/C37H22ClNO/c38-23-20-21-26-30(22-23)37(27-12-3-1-10-24(27)25-11-2-4-13-28(25)37)29-14-9-17-33(36(26)29)39-31-15-5-7-18-34(31)40-35-19-8-6-16-32(35)39/h1-22H. The molecule has 3 aliphatic rings. The van der Waals surface area contributed by atoms with Crippen LogP contribution in [0.15, 0.2) is 133 Å². The van der Waals surface area contributed by atoms with Gasteiger partial charge in [-0.15, -0.1) is 0 Å². The highest BCUT2D eigenvalue weighted by atomic mass is 35.5. The number of nitrogens with zero attached hydrogens (tertiary/aromatic N) is 1. The Labute approximate surface area is 237 Å². The summed E-state index contributed by atoms with van der Waals surface area (Å²) in [7, 11) is 0. The van der Waals surface area contributed by atoms with Gasteiger partial charge in [-0.25, -0.2) is 0 Å². The molecule has 1 spiro atoms. The van der Waals surface area contributed by atoms with E-state index in [9.17, 15) is 0 Å². The third-order valence-corrected chi connectivity index (χ3v) is 8.96. The smallest absolute Gasteiger partial charge is 0.151 e. The Hall–Kier alpha value is -4.79. The van der Waals surface area contributed by atoms with E-state index in [1.807, 2.05) is 30.3 Å². The third-order valence-electron chi connectivity index (χ3n) is 8.73. The van der Waals surface area contributed by atoms with Crippen LogP contribution in [0.5, 0.6) is 11.5 Å². The molecule has 0 unspecified atom stereocenters. The molecule has 1 aliphatic heterocycles. The van der Waals surface area contributed by atoms with Crippen LogP contribution in [0.2, 0.25) is 5.02 Å². The zero-order valence-electron chi connectivity index (χ0n) is 21.4. The summed E-state index contributed by atoms with van der Waals surface area (Å²) in [5.74, 6) is 1.69. The van der Waals surface area contributed by atoms with Gasteiger partial charge in [0.2, 0.25) is 0 Å². The quantitative estimate of drug-likeness (QED) is 0.209. The zero-order chi connectivity index (χ0) is 26.4. The van der Waals surface area contributed by atoms with E-state index in [2.05, 4.69) is 108 Å². The fourth-order valence-corrected chi connectivity index (χ4v) is 7.46. The van der Waals surface area contributed by atoms with Crippen molar-refractivity contribution < 1.29 is 4.74 Å². The molecular weight excluding hydrogens is 510 g/mol. The molecule has 0 fully saturated rings. The van der Waals surface area contributed by atoms with Crippen molar-refractivity contribution in [2.45, 2.75) is 5.41 Å². The Morgan fingerprint density at radius 1 is 0.475 bits per heavy atom. The first-order chi connectivity index (χ1) is 19.8. The number of hydrogen-bond acceptors (Lipinski definition) is 2. The summed E-state index contributed by atoms with van der Waals surface area (Å²) in [6, 6.07) is 47.4. The Bertz CT molecular complexity index is 1930. The molecule has 0 saturated heterocycles. The van der Waals surface area contributed by atoms with E-state index < -0.39 is 5.41 Å². The summed E-state index contributed by atoms with van der Waals surface area (Å²) in [4.78, 5) is 2.36. The average molecular weight is 532 g/mol. The van der Waals surface area contributed by atoms with E-state index in [0.29, 0.717) is 0 Å². The number of fused-ring (bicyclic) bond motifs is 12. The molecule has 0 amide bonds. The number of benzene rings is 6. The van der Waals surface area contributed by atoms with Crippen molar-refractivity contribution in [2.24, 2.45) is 0 Å². The number of ether oxygens (including phenoxy) is 1. The fourth-order valence-electron chi connectivity index (χ4n) is 7.29. The molecule has 3 heteroatoms. The lowest BCUT2D eigenvalue weighted by Crippen LogP contribution is -2.26. The second-order valence-electron chi connectivity index (χ2n) is 10.6. The van der Waals surface area contributed by atoms with Crippen LogP contribution < -0.4 is 9.64 Å². The fraction of sp³-hybridized carbons (Fsp3) is 0.0270. The molecule has 2 nitrogen and oxygen atoms in total. The van der Waals surface area contributed by atoms with E-state index in [1.54, 1.807) is 0 Å². The monoisotopic (exact) mass is 531 g/mol. The lowest BCUT2D eigenvalue weighted by molar-refractivity contribution is 0.477. The number of anilines is 3. The van der Waals surface area contributed by atoms with Crippen LogP contribution in [-0.2, 0) is 5.41 Å². The molecule has 6 aromatic carbocycles. The van der Waals surface area contributed by atoms with E-state index in [0.717, 1.165) is 33.6 Å². The summed E-state index contributed by atoms with van der Waals surface area (Å²) in [6.45, 7) is 0. The van der Waals surface area contributed by atoms with Crippen LogP contribution in [-0.4, -0.2) is 0 Å². The first kappa shape index (κ1) is 22.1. The molecule has 0 radical (unpaired) electrons. The average Bonchev–Trinajstić information content (AvgIpc) is 3.47. The topological polar surface area (TPSA) is 12.5 Å². The molecule has 0 aromatic heterocycles. The Morgan fingerprint density at radius 3 is 1.70 bits per heavy atom. The maximum Gasteiger partial charge on any atom is 0.151 e. The Balaban J connectivity index is 1.43. The summed E-state index contributed by atoms with van der Waals surface area (Å²) >= 11 is 6.78. The van der Waals surface area contributed by atoms with Crippen LogP contribution in [0.25, 0.3) is 22.3 Å². The van der Waals surface area contributed by atoms with Gasteiger partial charge in [-0.2, -0.15) is 0 Å². The van der Waals surface area contributed by atoms with E-state index in [-0.39, 0.29) is 0 Å².